The summed E-state index contributed by atoms with van der Waals surface area (Å²) in [5, 5.41) is 1.05. The topological polar surface area (TPSA) is 35.5 Å². The average molecular weight is 315 g/mol. The molecule has 1 aromatic carbocycles. The van der Waals surface area contributed by atoms with Crippen LogP contribution in [0, 0.1) is 0 Å². The second-order valence-corrected chi connectivity index (χ2v) is 4.79. The lowest BCUT2D eigenvalue weighted by Gasteiger charge is -2.06. The number of halogens is 1. The zero-order valence-corrected chi connectivity index (χ0v) is 12.2. The van der Waals surface area contributed by atoms with E-state index in [1.165, 1.54) is 20.0 Å². The molecule has 4 heteroatoms. The Morgan fingerprint density at radius 2 is 1.89 bits per heavy atom. The first kappa shape index (κ1) is 15.0. The Labute approximate surface area is 117 Å². The van der Waals surface area contributed by atoms with Gasteiger partial charge in [0.1, 0.15) is 5.75 Å². The normalized spacial score (nSPS) is 10.1. The minimum Gasteiger partial charge on any atom is -0.494 e. The van der Waals surface area contributed by atoms with Gasteiger partial charge < -0.3 is 9.47 Å². The maximum Gasteiger partial charge on any atom is 0.309 e. The molecule has 0 spiro atoms. The third kappa shape index (κ3) is 6.05. The van der Waals surface area contributed by atoms with Crippen LogP contribution in [0.5, 0.6) is 5.75 Å². The molecule has 100 valence electrons. The number of hydrogen-bond acceptors (Lipinski definition) is 3. The molecule has 0 aliphatic rings. The lowest BCUT2D eigenvalue weighted by Crippen LogP contribution is -2.04. The number of carbonyl (C=O) groups is 1. The summed E-state index contributed by atoms with van der Waals surface area (Å²) in [4.78, 5) is 11.1. The Morgan fingerprint density at radius 1 is 1.17 bits per heavy atom. The summed E-state index contributed by atoms with van der Waals surface area (Å²) in [6, 6.07) is 7.57. The third-order valence-corrected chi connectivity index (χ3v) is 3.11. The minimum atomic E-state index is -0.224. The summed E-state index contributed by atoms with van der Waals surface area (Å²) in [6.45, 7) is 0.739. The predicted octanol–water partition coefficient (Wildman–Crippen LogP) is 3.35. The summed E-state index contributed by atoms with van der Waals surface area (Å²) in [7, 11) is 1.40. The monoisotopic (exact) mass is 314 g/mol. The molecule has 1 rings (SSSR count). The molecule has 0 bridgehead atoms. The van der Waals surface area contributed by atoms with E-state index in [4.69, 9.17) is 4.74 Å². The van der Waals surface area contributed by atoms with Crippen LogP contribution in [0.2, 0.25) is 0 Å². The van der Waals surface area contributed by atoms with Crippen molar-refractivity contribution in [2.24, 2.45) is 0 Å². The number of hydrogen-bond donors (Lipinski definition) is 0. The Morgan fingerprint density at radius 3 is 2.50 bits per heavy atom. The highest BCUT2D eigenvalue weighted by Crippen LogP contribution is 2.13. The molecular formula is C14H19BrO3. The van der Waals surface area contributed by atoms with E-state index in [1.54, 1.807) is 0 Å². The van der Waals surface area contributed by atoms with Crippen molar-refractivity contribution in [3.8, 4) is 5.75 Å². The highest BCUT2D eigenvalue weighted by molar-refractivity contribution is 9.09. The van der Waals surface area contributed by atoms with Crippen molar-refractivity contribution in [2.75, 3.05) is 19.0 Å². The van der Waals surface area contributed by atoms with E-state index in [2.05, 4.69) is 20.7 Å². The van der Waals surface area contributed by atoms with E-state index in [9.17, 15) is 4.79 Å². The number of alkyl halides is 1. The van der Waals surface area contributed by atoms with Gasteiger partial charge in [0.05, 0.1) is 20.1 Å². The minimum absolute atomic E-state index is 0.224. The molecule has 0 saturated carbocycles. The highest BCUT2D eigenvalue weighted by atomic mass is 79.9. The molecule has 0 unspecified atom stereocenters. The number of esters is 1. The van der Waals surface area contributed by atoms with Crippen LogP contribution in [-0.4, -0.2) is 25.0 Å². The quantitative estimate of drug-likeness (QED) is 0.419. The molecule has 0 saturated heterocycles. The number of methoxy groups -OCH3 is 1. The molecule has 0 atom stereocenters. The highest BCUT2D eigenvalue weighted by Gasteiger charge is 2.02. The summed E-state index contributed by atoms with van der Waals surface area (Å²) >= 11 is 3.40. The fraction of sp³-hybridized carbons (Fsp3) is 0.500. The SMILES string of the molecule is COC(=O)Cc1ccc(OCCCCCBr)cc1. The number of benzene rings is 1. The van der Waals surface area contributed by atoms with E-state index in [0.29, 0.717) is 6.42 Å². The maximum absolute atomic E-state index is 11.1. The lowest BCUT2D eigenvalue weighted by molar-refractivity contribution is -0.139. The van der Waals surface area contributed by atoms with Crippen molar-refractivity contribution in [3.05, 3.63) is 29.8 Å². The Kier molecular flexibility index (Phi) is 7.49. The molecule has 0 radical (unpaired) electrons. The number of unbranched alkanes of at least 4 members (excludes halogenated alkanes) is 2. The number of ether oxygens (including phenoxy) is 2. The van der Waals surface area contributed by atoms with Crippen LogP contribution >= 0.6 is 15.9 Å². The van der Waals surface area contributed by atoms with Crippen LogP contribution < -0.4 is 4.74 Å². The van der Waals surface area contributed by atoms with Crippen molar-refractivity contribution >= 4 is 21.9 Å². The van der Waals surface area contributed by atoms with E-state index >= 15 is 0 Å². The number of carbonyl (C=O) groups excluding carboxylic acids is 1. The molecule has 0 N–H and O–H groups in total. The number of rotatable bonds is 8. The van der Waals surface area contributed by atoms with Crippen LogP contribution in [0.1, 0.15) is 24.8 Å². The first-order chi connectivity index (χ1) is 8.76. The van der Waals surface area contributed by atoms with Gasteiger partial charge in [-0.3, -0.25) is 4.79 Å². The van der Waals surface area contributed by atoms with Crippen molar-refractivity contribution in [3.63, 3.8) is 0 Å². The fourth-order valence-corrected chi connectivity index (χ4v) is 1.90. The second-order valence-electron chi connectivity index (χ2n) is 3.99. The molecule has 18 heavy (non-hydrogen) atoms. The average Bonchev–Trinajstić information content (AvgIpc) is 2.40. The summed E-state index contributed by atoms with van der Waals surface area (Å²) in [6.07, 6.45) is 3.73. The van der Waals surface area contributed by atoms with Crippen LogP contribution in [0.4, 0.5) is 0 Å². The molecule has 1 aromatic rings. The van der Waals surface area contributed by atoms with Gasteiger partial charge in [0, 0.05) is 5.33 Å². The van der Waals surface area contributed by atoms with Gasteiger partial charge in [-0.1, -0.05) is 28.1 Å². The van der Waals surface area contributed by atoms with Gasteiger partial charge in [-0.15, -0.1) is 0 Å². The van der Waals surface area contributed by atoms with Crippen LogP contribution in [0.25, 0.3) is 0 Å². The van der Waals surface area contributed by atoms with Crippen LogP contribution in [0.3, 0.4) is 0 Å². The Hall–Kier alpha value is -1.03. The van der Waals surface area contributed by atoms with Gasteiger partial charge >= 0.3 is 5.97 Å². The van der Waals surface area contributed by atoms with Gasteiger partial charge in [0.2, 0.25) is 0 Å². The summed E-state index contributed by atoms with van der Waals surface area (Å²) < 4.78 is 10.2. The zero-order valence-electron chi connectivity index (χ0n) is 10.7. The zero-order chi connectivity index (χ0) is 13.2. The van der Waals surface area contributed by atoms with Crippen molar-refractivity contribution < 1.29 is 14.3 Å². The van der Waals surface area contributed by atoms with E-state index in [1.807, 2.05) is 24.3 Å². The van der Waals surface area contributed by atoms with Gasteiger partial charge in [0.15, 0.2) is 0 Å². The molecule has 0 amide bonds. The first-order valence-corrected chi connectivity index (χ1v) is 7.23. The van der Waals surface area contributed by atoms with Crippen LogP contribution in [0.15, 0.2) is 24.3 Å². The standard InChI is InChI=1S/C14H19BrO3/c1-17-14(16)11-12-5-7-13(8-6-12)18-10-4-2-3-9-15/h5-8H,2-4,9-11H2,1H3. The van der Waals surface area contributed by atoms with Gasteiger partial charge in [-0.05, 0) is 37.0 Å². The smallest absolute Gasteiger partial charge is 0.309 e. The lowest BCUT2D eigenvalue weighted by atomic mass is 10.1. The van der Waals surface area contributed by atoms with Gasteiger partial charge in [0.25, 0.3) is 0 Å². The van der Waals surface area contributed by atoms with Gasteiger partial charge in [-0.25, -0.2) is 0 Å². The first-order valence-electron chi connectivity index (χ1n) is 6.11. The van der Waals surface area contributed by atoms with Crippen molar-refractivity contribution in [1.29, 1.82) is 0 Å². The van der Waals surface area contributed by atoms with Gasteiger partial charge in [-0.2, -0.15) is 0 Å². The Balaban J connectivity index is 2.29. The fourth-order valence-electron chi connectivity index (χ4n) is 1.51. The molecular weight excluding hydrogens is 296 g/mol. The Bertz CT molecular complexity index is 349. The molecule has 3 nitrogen and oxygen atoms in total. The third-order valence-electron chi connectivity index (χ3n) is 2.55. The van der Waals surface area contributed by atoms with E-state index < -0.39 is 0 Å². The second kappa shape index (κ2) is 8.97. The van der Waals surface area contributed by atoms with E-state index in [0.717, 1.165) is 29.7 Å². The molecule has 0 aliphatic heterocycles. The molecule has 0 heterocycles. The summed E-state index contributed by atoms with van der Waals surface area (Å²) in [5.41, 5.74) is 0.938. The molecule has 0 fully saturated rings. The van der Waals surface area contributed by atoms with Crippen molar-refractivity contribution in [1.82, 2.24) is 0 Å². The molecule has 0 aliphatic carbocycles. The molecule has 0 aromatic heterocycles. The van der Waals surface area contributed by atoms with Crippen molar-refractivity contribution in [2.45, 2.75) is 25.7 Å². The largest absolute Gasteiger partial charge is 0.494 e. The van der Waals surface area contributed by atoms with E-state index in [-0.39, 0.29) is 5.97 Å². The maximum atomic E-state index is 11.1. The summed E-state index contributed by atoms with van der Waals surface area (Å²) in [5.74, 6) is 0.626. The van der Waals surface area contributed by atoms with Crippen LogP contribution in [-0.2, 0) is 16.0 Å². The predicted molar refractivity (Wildman–Crippen MR) is 75.3 cm³/mol.